The minimum absolute atomic E-state index is 0.498. The Morgan fingerprint density at radius 1 is 1.00 bits per heavy atom. The van der Waals surface area contributed by atoms with Crippen LogP contribution in [0.1, 0.15) is 32.1 Å². The lowest BCUT2D eigenvalue weighted by molar-refractivity contribution is -0.158. The molecule has 0 aromatic rings. The molecule has 0 amide bonds. The van der Waals surface area contributed by atoms with Gasteiger partial charge in [0.25, 0.3) is 0 Å². The Hall–Kier alpha value is -0.120. The number of ether oxygens (including phenoxy) is 1. The van der Waals surface area contributed by atoms with Gasteiger partial charge in [-0.2, -0.15) is 0 Å². The van der Waals surface area contributed by atoms with E-state index in [1.165, 1.54) is 19.3 Å². The van der Waals surface area contributed by atoms with Crippen LogP contribution in [0.5, 0.6) is 0 Å². The molecule has 0 aromatic carbocycles. The Labute approximate surface area is 79.7 Å². The standard InChI is InChI=1S/C10H19NO2/c12-10(4-2-1-3-5-10)11-6-8-13-9-7-11/h12H,1-9H2. The van der Waals surface area contributed by atoms with Crippen LogP contribution in [0, 0.1) is 0 Å². The van der Waals surface area contributed by atoms with Gasteiger partial charge in [-0.25, -0.2) is 0 Å². The van der Waals surface area contributed by atoms with E-state index in [9.17, 15) is 5.11 Å². The normalized spacial score (nSPS) is 30.2. The van der Waals surface area contributed by atoms with Crippen molar-refractivity contribution in [1.82, 2.24) is 4.90 Å². The average molecular weight is 185 g/mol. The highest BCUT2D eigenvalue weighted by Crippen LogP contribution is 2.31. The SMILES string of the molecule is OC1(N2CCOCC2)CCCCC1. The number of nitrogens with zero attached hydrogens (tertiary/aromatic N) is 1. The van der Waals surface area contributed by atoms with Gasteiger partial charge < -0.3 is 9.84 Å². The molecule has 1 N–H and O–H groups in total. The molecule has 1 heterocycles. The maximum absolute atomic E-state index is 10.4. The number of hydrogen-bond donors (Lipinski definition) is 1. The van der Waals surface area contributed by atoms with Gasteiger partial charge in [-0.3, -0.25) is 4.90 Å². The number of aliphatic hydroxyl groups is 1. The first kappa shape index (κ1) is 9.44. The quantitative estimate of drug-likeness (QED) is 0.660. The number of morpholine rings is 1. The predicted molar refractivity (Wildman–Crippen MR) is 50.4 cm³/mol. The second kappa shape index (κ2) is 3.95. The van der Waals surface area contributed by atoms with Gasteiger partial charge in [-0.1, -0.05) is 6.42 Å². The van der Waals surface area contributed by atoms with Crippen LogP contribution in [-0.4, -0.2) is 42.0 Å². The summed E-state index contributed by atoms with van der Waals surface area (Å²) in [4.78, 5) is 2.20. The van der Waals surface area contributed by atoms with Gasteiger partial charge in [0.1, 0.15) is 5.72 Å². The van der Waals surface area contributed by atoms with Crippen molar-refractivity contribution in [3.63, 3.8) is 0 Å². The molecule has 1 saturated carbocycles. The molecule has 0 aromatic heterocycles. The van der Waals surface area contributed by atoms with E-state index in [-0.39, 0.29) is 0 Å². The summed E-state index contributed by atoms with van der Waals surface area (Å²) >= 11 is 0. The lowest BCUT2D eigenvalue weighted by Gasteiger charge is -2.44. The molecule has 2 aliphatic rings. The van der Waals surface area contributed by atoms with Gasteiger partial charge >= 0.3 is 0 Å². The fourth-order valence-corrected chi connectivity index (χ4v) is 2.41. The third kappa shape index (κ3) is 2.03. The van der Waals surface area contributed by atoms with Crippen LogP contribution in [-0.2, 0) is 4.74 Å². The summed E-state index contributed by atoms with van der Waals surface area (Å²) in [5.41, 5.74) is -0.498. The van der Waals surface area contributed by atoms with Crippen LogP contribution in [0.15, 0.2) is 0 Å². The van der Waals surface area contributed by atoms with E-state index in [0.717, 1.165) is 39.1 Å². The van der Waals surface area contributed by atoms with Crippen molar-refractivity contribution in [3.05, 3.63) is 0 Å². The lowest BCUT2D eigenvalue weighted by Crippen LogP contribution is -2.54. The van der Waals surface area contributed by atoms with E-state index in [1.807, 2.05) is 0 Å². The van der Waals surface area contributed by atoms with Crippen molar-refractivity contribution in [2.45, 2.75) is 37.8 Å². The Morgan fingerprint density at radius 2 is 1.62 bits per heavy atom. The molecule has 0 unspecified atom stereocenters. The van der Waals surface area contributed by atoms with E-state index >= 15 is 0 Å². The summed E-state index contributed by atoms with van der Waals surface area (Å²) in [6.45, 7) is 3.36. The Kier molecular flexibility index (Phi) is 2.86. The molecule has 2 rings (SSSR count). The van der Waals surface area contributed by atoms with Crippen LogP contribution in [0.3, 0.4) is 0 Å². The zero-order valence-electron chi connectivity index (χ0n) is 8.17. The molecule has 13 heavy (non-hydrogen) atoms. The van der Waals surface area contributed by atoms with Gasteiger partial charge in [-0.15, -0.1) is 0 Å². The van der Waals surface area contributed by atoms with E-state index in [2.05, 4.69) is 4.90 Å². The molecule has 0 atom stereocenters. The summed E-state index contributed by atoms with van der Waals surface area (Å²) in [5, 5.41) is 10.4. The molecule has 0 radical (unpaired) electrons. The summed E-state index contributed by atoms with van der Waals surface area (Å²) in [6.07, 6.45) is 5.54. The fourth-order valence-electron chi connectivity index (χ4n) is 2.41. The molecule has 1 aliphatic carbocycles. The van der Waals surface area contributed by atoms with E-state index in [1.54, 1.807) is 0 Å². The Balaban J connectivity index is 1.94. The fraction of sp³-hybridized carbons (Fsp3) is 1.00. The Bertz CT molecular complexity index is 160. The highest BCUT2D eigenvalue weighted by molar-refractivity contribution is 4.84. The number of hydrogen-bond acceptors (Lipinski definition) is 3. The summed E-state index contributed by atoms with van der Waals surface area (Å²) in [6, 6.07) is 0. The van der Waals surface area contributed by atoms with E-state index in [4.69, 9.17) is 4.74 Å². The molecule has 3 heteroatoms. The summed E-state index contributed by atoms with van der Waals surface area (Å²) < 4.78 is 5.28. The van der Waals surface area contributed by atoms with Crippen LogP contribution in [0.2, 0.25) is 0 Å². The Morgan fingerprint density at radius 3 is 2.23 bits per heavy atom. The zero-order chi connectivity index (χ0) is 9.15. The first-order chi connectivity index (χ1) is 6.31. The van der Waals surface area contributed by atoms with Crippen LogP contribution >= 0.6 is 0 Å². The molecule has 1 saturated heterocycles. The highest BCUT2D eigenvalue weighted by atomic mass is 16.5. The molecule has 1 aliphatic heterocycles. The van der Waals surface area contributed by atoms with Crippen LogP contribution in [0.25, 0.3) is 0 Å². The monoisotopic (exact) mass is 185 g/mol. The van der Waals surface area contributed by atoms with Crippen molar-refractivity contribution in [3.8, 4) is 0 Å². The largest absolute Gasteiger partial charge is 0.379 e. The average Bonchev–Trinajstić information content (AvgIpc) is 2.20. The molecule has 2 fully saturated rings. The second-order valence-corrected chi connectivity index (χ2v) is 4.14. The molecule has 0 bridgehead atoms. The van der Waals surface area contributed by atoms with Gasteiger partial charge in [0.2, 0.25) is 0 Å². The molecular weight excluding hydrogens is 166 g/mol. The van der Waals surface area contributed by atoms with Crippen molar-refractivity contribution in [1.29, 1.82) is 0 Å². The summed E-state index contributed by atoms with van der Waals surface area (Å²) in [7, 11) is 0. The number of rotatable bonds is 1. The van der Waals surface area contributed by atoms with Crippen LogP contribution in [0.4, 0.5) is 0 Å². The lowest BCUT2D eigenvalue weighted by atomic mass is 9.90. The topological polar surface area (TPSA) is 32.7 Å². The van der Waals surface area contributed by atoms with Gasteiger partial charge in [0.15, 0.2) is 0 Å². The van der Waals surface area contributed by atoms with E-state index < -0.39 is 5.72 Å². The first-order valence-electron chi connectivity index (χ1n) is 5.36. The van der Waals surface area contributed by atoms with Crippen molar-refractivity contribution in [2.24, 2.45) is 0 Å². The third-order valence-corrected chi connectivity index (χ3v) is 3.25. The molecule has 76 valence electrons. The zero-order valence-corrected chi connectivity index (χ0v) is 8.17. The second-order valence-electron chi connectivity index (χ2n) is 4.14. The van der Waals surface area contributed by atoms with Crippen molar-refractivity contribution >= 4 is 0 Å². The van der Waals surface area contributed by atoms with Gasteiger partial charge in [0, 0.05) is 13.1 Å². The van der Waals surface area contributed by atoms with Crippen LogP contribution < -0.4 is 0 Å². The van der Waals surface area contributed by atoms with Gasteiger partial charge in [0.05, 0.1) is 13.2 Å². The minimum atomic E-state index is -0.498. The van der Waals surface area contributed by atoms with E-state index in [0.29, 0.717) is 0 Å². The molecule has 3 nitrogen and oxygen atoms in total. The highest BCUT2D eigenvalue weighted by Gasteiger charge is 2.36. The first-order valence-corrected chi connectivity index (χ1v) is 5.36. The van der Waals surface area contributed by atoms with Crippen molar-refractivity contribution < 1.29 is 9.84 Å². The maximum Gasteiger partial charge on any atom is 0.118 e. The van der Waals surface area contributed by atoms with Crippen molar-refractivity contribution in [2.75, 3.05) is 26.3 Å². The van der Waals surface area contributed by atoms with Gasteiger partial charge in [-0.05, 0) is 25.7 Å². The summed E-state index contributed by atoms with van der Waals surface area (Å²) in [5.74, 6) is 0. The predicted octanol–water partition coefficient (Wildman–Crippen LogP) is 0.971. The third-order valence-electron chi connectivity index (χ3n) is 3.25. The smallest absolute Gasteiger partial charge is 0.118 e. The molecular formula is C10H19NO2. The minimum Gasteiger partial charge on any atom is -0.379 e. The molecule has 0 spiro atoms. The maximum atomic E-state index is 10.4.